The monoisotopic (exact) mass is 232 g/mol. The molecule has 1 heterocycles. The van der Waals surface area contributed by atoms with Crippen molar-refractivity contribution in [3.8, 4) is 0 Å². The molecule has 0 saturated carbocycles. The van der Waals surface area contributed by atoms with E-state index in [0.717, 1.165) is 10.9 Å². The zero-order chi connectivity index (χ0) is 12.4. The number of carbonyl (C=O) groups is 1. The van der Waals surface area contributed by atoms with Crippen LogP contribution in [0.1, 0.15) is 17.3 Å². The molecule has 0 saturated heterocycles. The van der Waals surface area contributed by atoms with Gasteiger partial charge in [-0.1, -0.05) is 18.2 Å². The SMILES string of the molecule is C[C@H](CO)NC(=O)c1cn(C)c2ccccc12. The lowest BCUT2D eigenvalue weighted by molar-refractivity contribution is 0.0924. The van der Waals surface area contributed by atoms with E-state index < -0.39 is 0 Å². The molecule has 0 radical (unpaired) electrons. The van der Waals surface area contributed by atoms with Gasteiger partial charge in [-0.15, -0.1) is 0 Å². The van der Waals surface area contributed by atoms with Crippen LogP contribution in [0.25, 0.3) is 10.9 Å². The molecule has 2 aromatic rings. The van der Waals surface area contributed by atoms with Crippen LogP contribution in [0.15, 0.2) is 30.5 Å². The molecular formula is C13H16N2O2. The van der Waals surface area contributed by atoms with Gasteiger partial charge in [0.2, 0.25) is 0 Å². The first kappa shape index (κ1) is 11.7. The molecule has 1 aromatic carbocycles. The highest BCUT2D eigenvalue weighted by atomic mass is 16.3. The quantitative estimate of drug-likeness (QED) is 0.837. The van der Waals surface area contributed by atoms with Gasteiger partial charge in [0.25, 0.3) is 5.91 Å². The fraction of sp³-hybridized carbons (Fsp3) is 0.308. The molecule has 1 atom stereocenters. The molecule has 0 aliphatic rings. The van der Waals surface area contributed by atoms with Gasteiger partial charge in [-0.2, -0.15) is 0 Å². The number of para-hydroxylation sites is 1. The smallest absolute Gasteiger partial charge is 0.253 e. The highest BCUT2D eigenvalue weighted by Gasteiger charge is 2.14. The van der Waals surface area contributed by atoms with E-state index in [2.05, 4.69) is 5.32 Å². The summed E-state index contributed by atoms with van der Waals surface area (Å²) in [5.41, 5.74) is 1.66. The number of carbonyl (C=O) groups excluding carboxylic acids is 1. The summed E-state index contributed by atoms with van der Waals surface area (Å²) in [7, 11) is 1.91. The van der Waals surface area contributed by atoms with Crippen molar-refractivity contribution in [3.05, 3.63) is 36.0 Å². The van der Waals surface area contributed by atoms with E-state index in [0.29, 0.717) is 5.56 Å². The number of nitrogens with zero attached hydrogens (tertiary/aromatic N) is 1. The standard InChI is InChI=1S/C13H16N2O2/c1-9(8-16)14-13(17)11-7-15(2)12-6-4-3-5-10(11)12/h3-7,9,16H,8H2,1-2H3,(H,14,17)/t9-/m1/s1. The first-order chi connectivity index (χ1) is 8.13. The number of aliphatic hydroxyl groups excluding tert-OH is 1. The van der Waals surface area contributed by atoms with Gasteiger partial charge >= 0.3 is 0 Å². The topological polar surface area (TPSA) is 54.3 Å². The lowest BCUT2D eigenvalue weighted by atomic mass is 10.1. The van der Waals surface area contributed by atoms with Crippen LogP contribution in [0, 0.1) is 0 Å². The number of aromatic nitrogens is 1. The molecule has 1 aromatic heterocycles. The molecule has 0 fully saturated rings. The highest BCUT2D eigenvalue weighted by Crippen LogP contribution is 2.20. The third kappa shape index (κ3) is 2.17. The third-order valence-corrected chi connectivity index (χ3v) is 2.79. The van der Waals surface area contributed by atoms with Crippen molar-refractivity contribution in [2.75, 3.05) is 6.61 Å². The van der Waals surface area contributed by atoms with Gasteiger partial charge in [0.15, 0.2) is 0 Å². The molecule has 0 spiro atoms. The van der Waals surface area contributed by atoms with Crippen molar-refractivity contribution in [2.24, 2.45) is 7.05 Å². The van der Waals surface area contributed by atoms with Gasteiger partial charge in [-0.05, 0) is 13.0 Å². The molecular weight excluding hydrogens is 216 g/mol. The molecule has 1 amide bonds. The maximum absolute atomic E-state index is 12.0. The van der Waals surface area contributed by atoms with Gasteiger partial charge in [0, 0.05) is 30.2 Å². The van der Waals surface area contributed by atoms with Crippen molar-refractivity contribution in [2.45, 2.75) is 13.0 Å². The minimum absolute atomic E-state index is 0.0590. The number of amides is 1. The Hall–Kier alpha value is -1.81. The average molecular weight is 232 g/mol. The van der Waals surface area contributed by atoms with E-state index in [1.54, 1.807) is 6.92 Å². The summed E-state index contributed by atoms with van der Waals surface area (Å²) in [5.74, 6) is -0.150. The number of hydrogen-bond acceptors (Lipinski definition) is 2. The zero-order valence-corrected chi connectivity index (χ0v) is 9.97. The largest absolute Gasteiger partial charge is 0.394 e. The van der Waals surface area contributed by atoms with Gasteiger partial charge in [-0.25, -0.2) is 0 Å². The Morgan fingerprint density at radius 3 is 2.88 bits per heavy atom. The van der Waals surface area contributed by atoms with Crippen LogP contribution in [0.4, 0.5) is 0 Å². The molecule has 0 bridgehead atoms. The average Bonchev–Trinajstić information content (AvgIpc) is 2.67. The Kier molecular flexibility index (Phi) is 3.15. The van der Waals surface area contributed by atoms with Crippen LogP contribution < -0.4 is 5.32 Å². The summed E-state index contributed by atoms with van der Waals surface area (Å²) in [5, 5.41) is 12.6. The Labute approximate surface area is 99.9 Å². The number of nitrogens with one attached hydrogen (secondary N) is 1. The summed E-state index contributed by atoms with van der Waals surface area (Å²) < 4.78 is 1.92. The van der Waals surface area contributed by atoms with Crippen LogP contribution >= 0.6 is 0 Å². The maximum atomic E-state index is 12.0. The lowest BCUT2D eigenvalue weighted by Crippen LogP contribution is -2.34. The van der Waals surface area contributed by atoms with Crippen molar-refractivity contribution in [3.63, 3.8) is 0 Å². The maximum Gasteiger partial charge on any atom is 0.253 e. The molecule has 4 nitrogen and oxygen atoms in total. The minimum Gasteiger partial charge on any atom is -0.394 e. The molecule has 4 heteroatoms. The highest BCUT2D eigenvalue weighted by molar-refractivity contribution is 6.07. The van der Waals surface area contributed by atoms with Gasteiger partial charge in [0.05, 0.1) is 12.2 Å². The summed E-state index contributed by atoms with van der Waals surface area (Å²) in [6.45, 7) is 1.71. The summed E-state index contributed by atoms with van der Waals surface area (Å²) >= 11 is 0. The van der Waals surface area contributed by atoms with Crippen LogP contribution in [-0.2, 0) is 7.05 Å². The van der Waals surface area contributed by atoms with E-state index in [-0.39, 0.29) is 18.6 Å². The minimum atomic E-state index is -0.235. The summed E-state index contributed by atoms with van der Waals surface area (Å²) in [6, 6.07) is 7.52. The number of fused-ring (bicyclic) bond motifs is 1. The number of hydrogen-bond donors (Lipinski definition) is 2. The zero-order valence-electron chi connectivity index (χ0n) is 9.97. The second kappa shape index (κ2) is 4.59. The molecule has 0 aliphatic carbocycles. The number of aliphatic hydroxyl groups is 1. The van der Waals surface area contributed by atoms with E-state index in [1.165, 1.54) is 0 Å². The van der Waals surface area contributed by atoms with Crippen LogP contribution in [-0.4, -0.2) is 28.2 Å². The molecule has 2 N–H and O–H groups in total. The van der Waals surface area contributed by atoms with Crippen molar-refractivity contribution in [1.29, 1.82) is 0 Å². The Morgan fingerprint density at radius 1 is 1.47 bits per heavy atom. The van der Waals surface area contributed by atoms with Crippen LogP contribution in [0.5, 0.6) is 0 Å². The third-order valence-electron chi connectivity index (χ3n) is 2.79. The second-order valence-corrected chi connectivity index (χ2v) is 4.23. The lowest BCUT2D eigenvalue weighted by Gasteiger charge is -2.09. The molecule has 0 unspecified atom stereocenters. The predicted octanol–water partition coefficient (Wildman–Crippen LogP) is 1.29. The normalized spacial score (nSPS) is 12.6. The van der Waals surface area contributed by atoms with E-state index in [4.69, 9.17) is 5.11 Å². The van der Waals surface area contributed by atoms with Crippen molar-refractivity contribution < 1.29 is 9.90 Å². The predicted molar refractivity (Wildman–Crippen MR) is 66.9 cm³/mol. The molecule has 2 rings (SSSR count). The molecule has 17 heavy (non-hydrogen) atoms. The van der Waals surface area contributed by atoms with Gasteiger partial charge in [0.1, 0.15) is 0 Å². The van der Waals surface area contributed by atoms with Crippen LogP contribution in [0.3, 0.4) is 0 Å². The molecule has 90 valence electrons. The Morgan fingerprint density at radius 2 is 2.18 bits per heavy atom. The summed E-state index contributed by atoms with van der Waals surface area (Å²) in [6.07, 6.45) is 1.81. The molecule has 0 aliphatic heterocycles. The van der Waals surface area contributed by atoms with E-state index >= 15 is 0 Å². The Bertz CT molecular complexity index is 545. The van der Waals surface area contributed by atoms with Gasteiger partial charge in [-0.3, -0.25) is 4.79 Å². The van der Waals surface area contributed by atoms with Crippen molar-refractivity contribution >= 4 is 16.8 Å². The second-order valence-electron chi connectivity index (χ2n) is 4.23. The van der Waals surface area contributed by atoms with Gasteiger partial charge < -0.3 is 15.0 Å². The number of aryl methyl sites for hydroxylation is 1. The fourth-order valence-electron chi connectivity index (χ4n) is 1.87. The number of rotatable bonds is 3. The van der Waals surface area contributed by atoms with Crippen molar-refractivity contribution in [1.82, 2.24) is 9.88 Å². The Balaban J connectivity index is 2.39. The first-order valence-corrected chi connectivity index (χ1v) is 5.59. The number of benzene rings is 1. The van der Waals surface area contributed by atoms with E-state index in [1.807, 2.05) is 42.1 Å². The fourth-order valence-corrected chi connectivity index (χ4v) is 1.87. The van der Waals surface area contributed by atoms with Crippen LogP contribution in [0.2, 0.25) is 0 Å². The van der Waals surface area contributed by atoms with E-state index in [9.17, 15) is 4.79 Å². The first-order valence-electron chi connectivity index (χ1n) is 5.59. The summed E-state index contributed by atoms with van der Waals surface area (Å²) in [4.78, 5) is 12.0.